The second-order valence-electron chi connectivity index (χ2n) is 6.22. The van der Waals surface area contributed by atoms with E-state index >= 15 is 0 Å². The van der Waals surface area contributed by atoms with Crippen LogP contribution in [0, 0.1) is 0 Å². The normalized spacial score (nSPS) is 10.4. The fourth-order valence-corrected chi connectivity index (χ4v) is 2.69. The van der Waals surface area contributed by atoms with E-state index in [1.807, 2.05) is 12.1 Å². The standard InChI is InChI=1S/C21H19ClN4O2/c1-26(13-9-15-6-10-23-11-7-15)21(28)19-14-16(8-12-24-19)20(27)25-18-4-2-17(22)3-5-18/h2-8,10-12,14H,9,13H2,1H3,(H,25,27). The highest BCUT2D eigenvalue weighted by atomic mass is 35.5. The van der Waals surface area contributed by atoms with Gasteiger partial charge in [0, 0.05) is 48.5 Å². The molecule has 0 aliphatic carbocycles. The second-order valence-corrected chi connectivity index (χ2v) is 6.66. The first-order chi connectivity index (χ1) is 13.5. The van der Waals surface area contributed by atoms with Gasteiger partial charge in [0.1, 0.15) is 5.69 Å². The van der Waals surface area contributed by atoms with Gasteiger partial charge < -0.3 is 10.2 Å². The van der Waals surface area contributed by atoms with Crippen molar-refractivity contribution in [1.82, 2.24) is 14.9 Å². The van der Waals surface area contributed by atoms with Gasteiger partial charge in [-0.05, 0) is 60.5 Å². The molecular weight excluding hydrogens is 376 g/mol. The smallest absolute Gasteiger partial charge is 0.272 e. The molecule has 1 aromatic carbocycles. The maximum absolute atomic E-state index is 12.6. The van der Waals surface area contributed by atoms with Gasteiger partial charge in [0.25, 0.3) is 11.8 Å². The summed E-state index contributed by atoms with van der Waals surface area (Å²) in [4.78, 5) is 34.8. The molecule has 1 N–H and O–H groups in total. The van der Waals surface area contributed by atoms with Crippen LogP contribution in [-0.4, -0.2) is 40.3 Å². The van der Waals surface area contributed by atoms with Gasteiger partial charge >= 0.3 is 0 Å². The van der Waals surface area contributed by atoms with E-state index in [-0.39, 0.29) is 17.5 Å². The Balaban J connectivity index is 1.65. The molecule has 2 amide bonds. The average Bonchev–Trinajstić information content (AvgIpc) is 2.74. The number of rotatable bonds is 6. The highest BCUT2D eigenvalue weighted by Gasteiger charge is 2.16. The van der Waals surface area contributed by atoms with Crippen LogP contribution < -0.4 is 5.32 Å². The number of carbonyl (C=O) groups is 2. The monoisotopic (exact) mass is 394 g/mol. The van der Waals surface area contributed by atoms with Crippen LogP contribution in [0.2, 0.25) is 5.02 Å². The highest BCUT2D eigenvalue weighted by Crippen LogP contribution is 2.15. The molecule has 3 aromatic rings. The van der Waals surface area contributed by atoms with E-state index in [4.69, 9.17) is 11.6 Å². The Morgan fingerprint density at radius 1 is 1.04 bits per heavy atom. The number of hydrogen-bond acceptors (Lipinski definition) is 4. The van der Waals surface area contributed by atoms with E-state index in [2.05, 4.69) is 15.3 Å². The zero-order valence-electron chi connectivity index (χ0n) is 15.3. The third-order valence-corrected chi connectivity index (χ3v) is 4.43. The van der Waals surface area contributed by atoms with Crippen molar-refractivity contribution >= 4 is 29.1 Å². The molecule has 0 spiro atoms. The van der Waals surface area contributed by atoms with Crippen molar-refractivity contribution in [3.05, 3.63) is 89.0 Å². The summed E-state index contributed by atoms with van der Waals surface area (Å²) in [5.41, 5.74) is 2.30. The molecule has 0 bridgehead atoms. The van der Waals surface area contributed by atoms with Crippen molar-refractivity contribution in [2.24, 2.45) is 0 Å². The zero-order chi connectivity index (χ0) is 19.9. The lowest BCUT2D eigenvalue weighted by molar-refractivity contribution is 0.0791. The summed E-state index contributed by atoms with van der Waals surface area (Å²) in [6, 6.07) is 13.7. The molecule has 0 aliphatic heterocycles. The van der Waals surface area contributed by atoms with E-state index in [1.165, 1.54) is 12.3 Å². The first-order valence-corrected chi connectivity index (χ1v) is 9.08. The SMILES string of the molecule is CN(CCc1ccncc1)C(=O)c1cc(C(=O)Nc2ccc(Cl)cc2)ccn1. The number of aromatic nitrogens is 2. The van der Waals surface area contributed by atoms with E-state index in [9.17, 15) is 9.59 Å². The van der Waals surface area contributed by atoms with E-state index < -0.39 is 0 Å². The Labute approximate surface area is 168 Å². The van der Waals surface area contributed by atoms with Crippen LogP contribution in [0.3, 0.4) is 0 Å². The van der Waals surface area contributed by atoms with Gasteiger partial charge in [0.2, 0.25) is 0 Å². The van der Waals surface area contributed by atoms with Gasteiger partial charge in [-0.15, -0.1) is 0 Å². The van der Waals surface area contributed by atoms with Crippen LogP contribution in [0.4, 0.5) is 5.69 Å². The van der Waals surface area contributed by atoms with E-state index in [0.29, 0.717) is 29.2 Å². The topological polar surface area (TPSA) is 75.2 Å². The van der Waals surface area contributed by atoms with E-state index in [0.717, 1.165) is 5.56 Å². The number of carbonyl (C=O) groups excluding carboxylic acids is 2. The fraction of sp³-hybridized carbons (Fsp3) is 0.143. The average molecular weight is 395 g/mol. The summed E-state index contributed by atoms with van der Waals surface area (Å²) < 4.78 is 0. The lowest BCUT2D eigenvalue weighted by Crippen LogP contribution is -2.29. The van der Waals surface area contributed by atoms with Crippen molar-refractivity contribution in [3.8, 4) is 0 Å². The molecule has 0 aliphatic rings. The summed E-state index contributed by atoms with van der Waals surface area (Å²) in [5, 5.41) is 3.36. The third kappa shape index (κ3) is 5.14. The number of likely N-dealkylation sites (N-methyl/N-ethyl adjacent to an activating group) is 1. The predicted octanol–water partition coefficient (Wildman–Crippen LogP) is 3.70. The van der Waals surface area contributed by atoms with Gasteiger partial charge in [-0.3, -0.25) is 19.6 Å². The summed E-state index contributed by atoms with van der Waals surface area (Å²) in [6.45, 7) is 0.533. The van der Waals surface area contributed by atoms with Crippen LogP contribution in [0.15, 0.2) is 67.1 Å². The van der Waals surface area contributed by atoms with Gasteiger partial charge in [-0.1, -0.05) is 11.6 Å². The van der Waals surface area contributed by atoms with Crippen LogP contribution in [0.5, 0.6) is 0 Å². The molecule has 0 saturated heterocycles. The molecule has 28 heavy (non-hydrogen) atoms. The highest BCUT2D eigenvalue weighted by molar-refractivity contribution is 6.30. The number of benzene rings is 1. The largest absolute Gasteiger partial charge is 0.340 e. The third-order valence-electron chi connectivity index (χ3n) is 4.18. The van der Waals surface area contributed by atoms with Crippen molar-refractivity contribution < 1.29 is 9.59 Å². The number of nitrogens with one attached hydrogen (secondary N) is 1. The maximum atomic E-state index is 12.6. The number of nitrogens with zero attached hydrogens (tertiary/aromatic N) is 3. The summed E-state index contributed by atoms with van der Waals surface area (Å²) in [6.07, 6.45) is 5.62. The second kappa shape index (κ2) is 9.10. The number of amides is 2. The molecular formula is C21H19ClN4O2. The molecule has 3 rings (SSSR count). The number of hydrogen-bond donors (Lipinski definition) is 1. The van der Waals surface area contributed by atoms with Crippen LogP contribution in [-0.2, 0) is 6.42 Å². The molecule has 0 fully saturated rings. The molecule has 0 unspecified atom stereocenters. The minimum absolute atomic E-state index is 0.223. The first kappa shape index (κ1) is 19.5. The van der Waals surface area contributed by atoms with Crippen molar-refractivity contribution in [2.75, 3.05) is 18.9 Å². The summed E-state index contributed by atoms with van der Waals surface area (Å²) >= 11 is 5.85. The molecule has 2 heterocycles. The lowest BCUT2D eigenvalue weighted by Gasteiger charge is -2.17. The zero-order valence-corrected chi connectivity index (χ0v) is 16.1. The van der Waals surface area contributed by atoms with Gasteiger partial charge in [-0.2, -0.15) is 0 Å². The minimum Gasteiger partial charge on any atom is -0.340 e. The molecule has 2 aromatic heterocycles. The Bertz CT molecular complexity index is 962. The summed E-state index contributed by atoms with van der Waals surface area (Å²) in [5.74, 6) is -0.562. The molecule has 0 radical (unpaired) electrons. The molecule has 142 valence electrons. The van der Waals surface area contributed by atoms with Crippen molar-refractivity contribution in [2.45, 2.75) is 6.42 Å². The number of pyridine rings is 2. The molecule has 0 atom stereocenters. The van der Waals surface area contributed by atoms with Gasteiger partial charge in [-0.25, -0.2) is 0 Å². The fourth-order valence-electron chi connectivity index (χ4n) is 2.57. The van der Waals surface area contributed by atoms with Gasteiger partial charge in [0.05, 0.1) is 0 Å². The van der Waals surface area contributed by atoms with Crippen molar-refractivity contribution in [3.63, 3.8) is 0 Å². The lowest BCUT2D eigenvalue weighted by atomic mass is 10.1. The molecule has 6 nitrogen and oxygen atoms in total. The Hall–Kier alpha value is -3.25. The molecule has 0 saturated carbocycles. The molecule has 7 heteroatoms. The Morgan fingerprint density at radius 3 is 2.46 bits per heavy atom. The van der Waals surface area contributed by atoms with E-state index in [1.54, 1.807) is 54.7 Å². The number of halogens is 1. The first-order valence-electron chi connectivity index (χ1n) is 8.70. The maximum Gasteiger partial charge on any atom is 0.272 e. The Morgan fingerprint density at radius 2 is 1.75 bits per heavy atom. The Kier molecular flexibility index (Phi) is 6.34. The van der Waals surface area contributed by atoms with Crippen molar-refractivity contribution in [1.29, 1.82) is 0 Å². The van der Waals surface area contributed by atoms with Crippen LogP contribution >= 0.6 is 11.6 Å². The number of anilines is 1. The van der Waals surface area contributed by atoms with Crippen LogP contribution in [0.25, 0.3) is 0 Å². The summed E-state index contributed by atoms with van der Waals surface area (Å²) in [7, 11) is 1.71. The van der Waals surface area contributed by atoms with Crippen LogP contribution in [0.1, 0.15) is 26.4 Å². The quantitative estimate of drug-likeness (QED) is 0.691. The van der Waals surface area contributed by atoms with Gasteiger partial charge in [0.15, 0.2) is 0 Å². The minimum atomic E-state index is -0.321. The predicted molar refractivity (Wildman–Crippen MR) is 109 cm³/mol.